The number of aromatic nitrogens is 5. The molecule has 1 unspecified atom stereocenters. The van der Waals surface area contributed by atoms with Crippen LogP contribution in [0.25, 0.3) is 11.4 Å². The summed E-state index contributed by atoms with van der Waals surface area (Å²) in [4.78, 5) is 10.6. The molecule has 1 atom stereocenters. The lowest BCUT2D eigenvalue weighted by Crippen LogP contribution is -2.47. The van der Waals surface area contributed by atoms with Crippen molar-refractivity contribution in [3.63, 3.8) is 0 Å². The first-order chi connectivity index (χ1) is 16.9. The molecule has 0 aliphatic carbocycles. The van der Waals surface area contributed by atoms with Crippen molar-refractivity contribution in [2.45, 2.75) is 37.8 Å². The highest BCUT2D eigenvalue weighted by Gasteiger charge is 2.37. The monoisotopic (exact) mass is 480 g/mol. The first-order valence-electron chi connectivity index (χ1n) is 11.5. The van der Waals surface area contributed by atoms with E-state index in [0.29, 0.717) is 24.8 Å². The molecule has 0 bridgehead atoms. The number of aliphatic hydroxyl groups is 1. The summed E-state index contributed by atoms with van der Waals surface area (Å²) >= 11 is 0. The first-order valence-corrected chi connectivity index (χ1v) is 11.5. The van der Waals surface area contributed by atoms with Gasteiger partial charge in [0.25, 0.3) is 0 Å². The highest BCUT2D eigenvalue weighted by molar-refractivity contribution is 5.54. The highest BCUT2D eigenvalue weighted by Crippen LogP contribution is 2.32. The first kappa shape index (κ1) is 23.3. The molecule has 4 aromatic rings. The number of hydrogen-bond acceptors (Lipinski definition) is 7. The molecule has 8 nitrogen and oxygen atoms in total. The third-order valence-corrected chi connectivity index (χ3v) is 6.50. The Bertz CT molecular complexity index is 1270. The second-order valence-corrected chi connectivity index (χ2v) is 9.12. The van der Waals surface area contributed by atoms with E-state index in [0.717, 1.165) is 36.1 Å². The zero-order chi connectivity index (χ0) is 24.4. The lowest BCUT2D eigenvalue weighted by molar-refractivity contribution is -0.0271. The van der Waals surface area contributed by atoms with Gasteiger partial charge in [-0.15, -0.1) is 0 Å². The van der Waals surface area contributed by atoms with Gasteiger partial charge >= 0.3 is 0 Å². The molecule has 1 aliphatic rings. The summed E-state index contributed by atoms with van der Waals surface area (Å²) in [5.41, 5.74) is 0.467. The van der Waals surface area contributed by atoms with Crippen LogP contribution in [-0.4, -0.2) is 54.5 Å². The number of benzene rings is 2. The molecule has 0 amide bonds. The Hall–Kier alpha value is -3.50. The summed E-state index contributed by atoms with van der Waals surface area (Å²) in [5.74, 6) is -0.222. The average molecular weight is 481 g/mol. The topological polar surface area (TPSA) is 93.1 Å². The van der Waals surface area contributed by atoms with Gasteiger partial charge in [-0.2, -0.15) is 10.1 Å². The fourth-order valence-corrected chi connectivity index (χ4v) is 4.60. The Morgan fingerprint density at radius 1 is 1.09 bits per heavy atom. The van der Waals surface area contributed by atoms with Gasteiger partial charge < -0.3 is 14.5 Å². The van der Waals surface area contributed by atoms with Gasteiger partial charge in [-0.05, 0) is 38.9 Å². The average Bonchev–Trinajstić information content (AvgIpc) is 3.52. The predicted octanol–water partition coefficient (Wildman–Crippen LogP) is 3.68. The Labute approximate surface area is 201 Å². The van der Waals surface area contributed by atoms with E-state index in [2.05, 4.69) is 25.1 Å². The Morgan fingerprint density at radius 3 is 2.54 bits per heavy atom. The van der Waals surface area contributed by atoms with E-state index in [-0.39, 0.29) is 24.6 Å². The second-order valence-electron chi connectivity index (χ2n) is 9.12. The van der Waals surface area contributed by atoms with Gasteiger partial charge in [0, 0.05) is 29.7 Å². The van der Waals surface area contributed by atoms with Crippen LogP contribution in [0.3, 0.4) is 0 Å². The predicted molar refractivity (Wildman–Crippen MR) is 123 cm³/mol. The number of hydrogen-bond donors (Lipinski definition) is 1. The molecule has 1 aliphatic heterocycles. The van der Waals surface area contributed by atoms with Crippen molar-refractivity contribution >= 4 is 0 Å². The van der Waals surface area contributed by atoms with E-state index in [4.69, 9.17) is 4.52 Å². The molecule has 0 radical (unpaired) electrons. The van der Waals surface area contributed by atoms with Gasteiger partial charge in [-0.25, -0.2) is 18.4 Å². The number of likely N-dealkylation sites (tertiary alicyclic amines) is 1. The van der Waals surface area contributed by atoms with Crippen molar-refractivity contribution in [3.05, 3.63) is 83.8 Å². The number of aryl methyl sites for hydroxylation is 1. The Kier molecular flexibility index (Phi) is 6.40. The number of β-amino-alcohol motifs (C(OH)–C–C–N with tert-alkyl or cyclic N) is 1. The van der Waals surface area contributed by atoms with Gasteiger partial charge in [-0.3, -0.25) is 0 Å². The van der Waals surface area contributed by atoms with Gasteiger partial charge in [-0.1, -0.05) is 41.1 Å². The molecular formula is C25H26F2N6O2. The van der Waals surface area contributed by atoms with Crippen molar-refractivity contribution in [1.82, 2.24) is 29.8 Å². The Balaban J connectivity index is 1.28. The summed E-state index contributed by atoms with van der Waals surface area (Å²) in [6, 6.07) is 11.2. The molecule has 0 saturated carbocycles. The van der Waals surface area contributed by atoms with E-state index in [1.54, 1.807) is 0 Å². The van der Waals surface area contributed by atoms with Crippen molar-refractivity contribution in [2.75, 3.05) is 19.6 Å². The zero-order valence-electron chi connectivity index (χ0n) is 19.3. The number of nitrogens with zero attached hydrogens (tertiary/aromatic N) is 6. The number of rotatable bonds is 7. The molecule has 2 aromatic heterocycles. The van der Waals surface area contributed by atoms with Gasteiger partial charge in [0.05, 0.1) is 6.54 Å². The van der Waals surface area contributed by atoms with Gasteiger partial charge in [0.2, 0.25) is 11.7 Å². The number of halogens is 2. The van der Waals surface area contributed by atoms with Crippen LogP contribution in [0.1, 0.15) is 35.8 Å². The molecule has 182 valence electrons. The highest BCUT2D eigenvalue weighted by atomic mass is 19.1. The van der Waals surface area contributed by atoms with Crippen molar-refractivity contribution in [1.29, 1.82) is 0 Å². The van der Waals surface area contributed by atoms with Crippen LogP contribution in [0.2, 0.25) is 0 Å². The largest absolute Gasteiger partial charge is 0.382 e. The van der Waals surface area contributed by atoms with Crippen LogP contribution < -0.4 is 0 Å². The quantitative estimate of drug-likeness (QED) is 0.431. The van der Waals surface area contributed by atoms with Crippen molar-refractivity contribution in [3.8, 4) is 11.4 Å². The molecule has 5 rings (SSSR count). The molecular weight excluding hydrogens is 454 g/mol. The van der Waals surface area contributed by atoms with Crippen LogP contribution in [0.4, 0.5) is 8.78 Å². The fourth-order valence-electron chi connectivity index (χ4n) is 4.60. The standard InChI is InChI=1S/C25H26F2N6O2/c1-17-2-4-18(5-3-17)23-30-24(35-31-23)19-8-10-32(11-9-19)13-25(34,14-33-16-28-15-29-33)21-7-6-20(26)12-22(21)27/h2-7,12,15-16,19,34H,8-11,13-14H2,1H3. The summed E-state index contributed by atoms with van der Waals surface area (Å²) in [7, 11) is 0. The van der Waals surface area contributed by atoms with Crippen molar-refractivity contribution < 1.29 is 18.4 Å². The lowest BCUT2D eigenvalue weighted by Gasteiger charge is -2.37. The number of piperidine rings is 1. The summed E-state index contributed by atoms with van der Waals surface area (Å²) < 4.78 is 35.2. The molecule has 35 heavy (non-hydrogen) atoms. The van der Waals surface area contributed by atoms with Crippen LogP contribution in [0.5, 0.6) is 0 Å². The molecule has 10 heteroatoms. The van der Waals surface area contributed by atoms with Crippen LogP contribution >= 0.6 is 0 Å². The third kappa shape index (κ3) is 5.13. The van der Waals surface area contributed by atoms with E-state index in [1.165, 1.54) is 23.4 Å². The molecule has 2 aromatic carbocycles. The summed E-state index contributed by atoms with van der Waals surface area (Å²) in [5, 5.41) is 19.8. The summed E-state index contributed by atoms with van der Waals surface area (Å²) in [6.07, 6.45) is 4.31. The van der Waals surface area contributed by atoms with Gasteiger partial charge in [0.15, 0.2) is 0 Å². The molecule has 0 spiro atoms. The summed E-state index contributed by atoms with van der Waals surface area (Å²) in [6.45, 7) is 3.46. The minimum atomic E-state index is -1.62. The molecule has 3 heterocycles. The maximum Gasteiger partial charge on any atom is 0.230 e. The molecule has 1 N–H and O–H groups in total. The maximum atomic E-state index is 14.7. The van der Waals surface area contributed by atoms with Crippen LogP contribution in [0, 0.1) is 18.6 Å². The third-order valence-electron chi connectivity index (χ3n) is 6.50. The fraction of sp³-hybridized carbons (Fsp3) is 0.360. The molecule has 1 fully saturated rings. The van der Waals surface area contributed by atoms with E-state index in [9.17, 15) is 13.9 Å². The smallest absolute Gasteiger partial charge is 0.230 e. The van der Waals surface area contributed by atoms with Crippen LogP contribution in [0.15, 0.2) is 59.6 Å². The SMILES string of the molecule is Cc1ccc(-c2noc(C3CCN(CC(O)(Cn4cncn4)c4ccc(F)cc4F)CC3)n2)cc1. The Morgan fingerprint density at radius 2 is 1.86 bits per heavy atom. The minimum Gasteiger partial charge on any atom is -0.382 e. The van der Waals surface area contributed by atoms with Crippen LogP contribution in [-0.2, 0) is 12.1 Å². The van der Waals surface area contributed by atoms with E-state index >= 15 is 0 Å². The minimum absolute atomic E-state index is 0.0148. The normalized spacial score (nSPS) is 16.9. The van der Waals surface area contributed by atoms with Gasteiger partial charge in [0.1, 0.15) is 29.9 Å². The second kappa shape index (κ2) is 9.63. The van der Waals surface area contributed by atoms with E-state index < -0.39 is 17.2 Å². The van der Waals surface area contributed by atoms with Crippen molar-refractivity contribution in [2.24, 2.45) is 0 Å². The zero-order valence-corrected chi connectivity index (χ0v) is 19.3. The maximum absolute atomic E-state index is 14.7. The molecule has 1 saturated heterocycles. The lowest BCUT2D eigenvalue weighted by atomic mass is 9.90. The van der Waals surface area contributed by atoms with E-state index in [1.807, 2.05) is 31.2 Å².